The van der Waals surface area contributed by atoms with Gasteiger partial charge in [-0.25, -0.2) is 9.78 Å². The minimum absolute atomic E-state index is 0.155. The number of aromatic nitrogens is 3. The van der Waals surface area contributed by atoms with Gasteiger partial charge in [0.2, 0.25) is 0 Å². The molecule has 1 aromatic carbocycles. The van der Waals surface area contributed by atoms with E-state index in [4.69, 9.17) is 11.6 Å². The van der Waals surface area contributed by atoms with E-state index >= 15 is 0 Å². The topological polar surface area (TPSA) is 86.0 Å². The number of nitrogens with zero attached hydrogens (tertiary/aromatic N) is 3. The van der Waals surface area contributed by atoms with Gasteiger partial charge in [-0.1, -0.05) is 23.7 Å². The second-order valence-corrected chi connectivity index (χ2v) is 5.60. The van der Waals surface area contributed by atoms with Gasteiger partial charge in [-0.2, -0.15) is 0 Å². The fourth-order valence-electron chi connectivity index (χ4n) is 2.43. The molecule has 0 aliphatic carbocycles. The zero-order chi connectivity index (χ0) is 17.4. The van der Waals surface area contributed by atoms with Crippen LogP contribution in [-0.4, -0.2) is 20.0 Å². The van der Waals surface area contributed by atoms with Crippen molar-refractivity contribution in [1.29, 1.82) is 0 Å². The highest BCUT2D eigenvalue weighted by Crippen LogP contribution is 2.20. The molecule has 1 N–H and O–H groups in total. The van der Waals surface area contributed by atoms with Crippen LogP contribution in [0.1, 0.15) is 10.4 Å². The Morgan fingerprint density at radius 1 is 1.12 bits per heavy atom. The third kappa shape index (κ3) is 2.48. The summed E-state index contributed by atoms with van der Waals surface area (Å²) in [5.74, 6) is -0.455. The zero-order valence-corrected chi connectivity index (χ0v) is 13.7. The number of fused-ring (bicyclic) bond motifs is 1. The normalized spacial score (nSPS) is 10.8. The molecule has 0 aliphatic heterocycles. The summed E-state index contributed by atoms with van der Waals surface area (Å²) < 4.78 is 2.22. The summed E-state index contributed by atoms with van der Waals surface area (Å²) in [6.45, 7) is 0. The van der Waals surface area contributed by atoms with Gasteiger partial charge in [0.15, 0.2) is 5.65 Å². The Hall–Kier alpha value is -2.93. The van der Waals surface area contributed by atoms with Gasteiger partial charge >= 0.3 is 5.69 Å². The second-order valence-electron chi connectivity index (χ2n) is 5.20. The number of nitrogens with one attached hydrogen (secondary N) is 1. The molecule has 0 radical (unpaired) electrons. The lowest BCUT2D eigenvalue weighted by Gasteiger charge is -2.11. The number of pyridine rings is 1. The fourth-order valence-corrected chi connectivity index (χ4v) is 2.65. The summed E-state index contributed by atoms with van der Waals surface area (Å²) in [6.07, 6.45) is 1.42. The lowest BCUT2D eigenvalue weighted by atomic mass is 10.2. The molecule has 2 heterocycles. The number of amides is 1. The van der Waals surface area contributed by atoms with E-state index in [1.807, 2.05) is 0 Å². The Labute approximate surface area is 141 Å². The van der Waals surface area contributed by atoms with Gasteiger partial charge in [-0.3, -0.25) is 18.7 Å². The number of aryl methyl sites for hydroxylation is 1. The van der Waals surface area contributed by atoms with Crippen LogP contribution in [0.5, 0.6) is 0 Å². The number of benzene rings is 1. The molecule has 8 heteroatoms. The van der Waals surface area contributed by atoms with Crippen LogP contribution in [0.3, 0.4) is 0 Å². The van der Waals surface area contributed by atoms with E-state index < -0.39 is 17.2 Å². The standard InChI is InChI=1S/C16H13ClN4O3/c1-20-13-12(15(23)21(2)16(20)24)11(7-8-18-13)19-14(22)9-5-3-4-6-10(9)17/h3-8H,1-2H3,(H,18,19,22). The number of halogens is 1. The van der Waals surface area contributed by atoms with Crippen molar-refractivity contribution in [3.8, 4) is 0 Å². The predicted octanol–water partition coefficient (Wildman–Crippen LogP) is 1.54. The third-order valence-corrected chi connectivity index (χ3v) is 4.04. The molecular weight excluding hydrogens is 332 g/mol. The first-order valence-corrected chi connectivity index (χ1v) is 7.40. The number of hydrogen-bond donors (Lipinski definition) is 1. The fraction of sp³-hybridized carbons (Fsp3) is 0.125. The van der Waals surface area contributed by atoms with Crippen LogP contribution in [0.25, 0.3) is 11.0 Å². The molecule has 0 spiro atoms. The van der Waals surface area contributed by atoms with Gasteiger partial charge in [0.25, 0.3) is 11.5 Å². The zero-order valence-electron chi connectivity index (χ0n) is 12.9. The van der Waals surface area contributed by atoms with Crippen molar-refractivity contribution in [1.82, 2.24) is 14.1 Å². The molecule has 0 fully saturated rings. The summed E-state index contributed by atoms with van der Waals surface area (Å²) in [4.78, 5) is 40.9. The van der Waals surface area contributed by atoms with Gasteiger partial charge in [0.05, 0.1) is 16.3 Å². The molecular formula is C16H13ClN4O3. The summed E-state index contributed by atoms with van der Waals surface area (Å²) in [5, 5.41) is 3.12. The van der Waals surface area contributed by atoms with Crippen molar-refractivity contribution in [2.24, 2.45) is 14.1 Å². The average molecular weight is 345 g/mol. The molecule has 0 saturated heterocycles. The highest BCUT2D eigenvalue weighted by molar-refractivity contribution is 6.34. The van der Waals surface area contributed by atoms with Crippen molar-refractivity contribution < 1.29 is 4.79 Å². The van der Waals surface area contributed by atoms with Crippen LogP contribution >= 0.6 is 11.6 Å². The van der Waals surface area contributed by atoms with E-state index in [9.17, 15) is 14.4 Å². The Morgan fingerprint density at radius 2 is 1.83 bits per heavy atom. The SMILES string of the molecule is Cn1c(=O)c2c(NC(=O)c3ccccc3Cl)ccnc2n(C)c1=O. The van der Waals surface area contributed by atoms with Gasteiger partial charge in [0.1, 0.15) is 5.39 Å². The van der Waals surface area contributed by atoms with E-state index in [-0.39, 0.29) is 22.3 Å². The summed E-state index contributed by atoms with van der Waals surface area (Å²) in [7, 11) is 2.88. The van der Waals surface area contributed by atoms with Crippen LogP contribution in [-0.2, 0) is 14.1 Å². The maximum Gasteiger partial charge on any atom is 0.332 e. The molecule has 1 amide bonds. The number of carbonyl (C=O) groups is 1. The van der Waals surface area contributed by atoms with E-state index in [0.717, 1.165) is 4.57 Å². The smallest absolute Gasteiger partial charge is 0.321 e. The second kappa shape index (κ2) is 5.93. The van der Waals surface area contributed by atoms with E-state index in [1.54, 1.807) is 24.3 Å². The van der Waals surface area contributed by atoms with Gasteiger partial charge in [0, 0.05) is 20.3 Å². The molecule has 3 aromatic rings. The maximum atomic E-state index is 12.4. The Bertz CT molecular complexity index is 1080. The average Bonchev–Trinajstić information content (AvgIpc) is 2.58. The molecule has 0 unspecified atom stereocenters. The van der Waals surface area contributed by atoms with Gasteiger partial charge in [-0.15, -0.1) is 0 Å². The summed E-state index contributed by atoms with van der Waals surface area (Å²) in [5.41, 5.74) is -0.280. The van der Waals surface area contributed by atoms with E-state index in [2.05, 4.69) is 10.3 Å². The molecule has 7 nitrogen and oxygen atoms in total. The largest absolute Gasteiger partial charge is 0.332 e. The monoisotopic (exact) mass is 344 g/mol. The molecule has 122 valence electrons. The van der Waals surface area contributed by atoms with Crippen molar-refractivity contribution in [2.75, 3.05) is 5.32 Å². The van der Waals surface area contributed by atoms with Crippen LogP contribution in [0.15, 0.2) is 46.1 Å². The molecule has 0 saturated carbocycles. The highest BCUT2D eigenvalue weighted by Gasteiger charge is 2.16. The molecule has 0 bridgehead atoms. The van der Waals surface area contributed by atoms with Crippen LogP contribution in [0, 0.1) is 0 Å². The van der Waals surface area contributed by atoms with Crippen LogP contribution < -0.4 is 16.6 Å². The minimum Gasteiger partial charge on any atom is -0.321 e. The van der Waals surface area contributed by atoms with E-state index in [0.29, 0.717) is 5.02 Å². The maximum absolute atomic E-state index is 12.4. The number of anilines is 1. The predicted molar refractivity (Wildman–Crippen MR) is 91.6 cm³/mol. The molecule has 24 heavy (non-hydrogen) atoms. The summed E-state index contributed by atoms with van der Waals surface area (Å²) in [6, 6.07) is 8.09. The highest BCUT2D eigenvalue weighted by atomic mass is 35.5. The molecule has 3 rings (SSSR count). The van der Waals surface area contributed by atoms with Gasteiger partial charge in [-0.05, 0) is 18.2 Å². The molecule has 0 aliphatic rings. The lowest BCUT2D eigenvalue weighted by Crippen LogP contribution is -2.37. The number of carbonyl (C=O) groups excluding carboxylic acids is 1. The molecule has 2 aromatic heterocycles. The Kier molecular flexibility index (Phi) is 3.94. The Morgan fingerprint density at radius 3 is 2.54 bits per heavy atom. The van der Waals surface area contributed by atoms with Crippen molar-refractivity contribution >= 4 is 34.2 Å². The summed E-state index contributed by atoms with van der Waals surface area (Å²) >= 11 is 6.02. The van der Waals surface area contributed by atoms with Crippen molar-refractivity contribution in [3.05, 3.63) is 68.0 Å². The van der Waals surface area contributed by atoms with Crippen LogP contribution in [0.4, 0.5) is 5.69 Å². The first kappa shape index (κ1) is 15.9. The lowest BCUT2D eigenvalue weighted by molar-refractivity contribution is 0.102. The minimum atomic E-state index is -0.532. The first-order chi connectivity index (χ1) is 11.4. The van der Waals surface area contributed by atoms with E-state index in [1.165, 1.54) is 30.9 Å². The Balaban J connectivity index is 2.18. The number of hydrogen-bond acceptors (Lipinski definition) is 4. The first-order valence-electron chi connectivity index (χ1n) is 7.02. The third-order valence-electron chi connectivity index (χ3n) is 3.71. The van der Waals surface area contributed by atoms with Crippen LogP contribution in [0.2, 0.25) is 5.02 Å². The quantitative estimate of drug-likeness (QED) is 0.764. The van der Waals surface area contributed by atoms with Crippen molar-refractivity contribution in [3.63, 3.8) is 0 Å². The van der Waals surface area contributed by atoms with Crippen molar-refractivity contribution in [2.45, 2.75) is 0 Å². The number of rotatable bonds is 2. The molecule has 0 atom stereocenters. The van der Waals surface area contributed by atoms with Gasteiger partial charge < -0.3 is 5.32 Å².